The van der Waals surface area contributed by atoms with Crippen molar-refractivity contribution in [2.24, 2.45) is 0 Å². The lowest BCUT2D eigenvalue weighted by atomic mass is 10.1. The molecular formula is C18H20N2O5S. The SMILES string of the molecule is COCCOC(=O)C(C)N1C(=O)COc2ccc(-c3csc(C)n3)cc21. The molecule has 26 heavy (non-hydrogen) atoms. The van der Waals surface area contributed by atoms with Gasteiger partial charge in [-0.3, -0.25) is 9.69 Å². The summed E-state index contributed by atoms with van der Waals surface area (Å²) in [5.41, 5.74) is 2.22. The van der Waals surface area contributed by atoms with E-state index in [0.29, 0.717) is 18.0 Å². The molecule has 0 saturated heterocycles. The van der Waals surface area contributed by atoms with Gasteiger partial charge in [-0.2, -0.15) is 0 Å². The van der Waals surface area contributed by atoms with Crippen LogP contribution in [0.5, 0.6) is 5.75 Å². The first-order valence-corrected chi connectivity index (χ1v) is 9.06. The smallest absolute Gasteiger partial charge is 0.329 e. The number of esters is 1. The standard InChI is InChI=1S/C18H20N2O5S/c1-11(18(22)24-7-6-23-3)20-15-8-13(14-10-26-12(2)19-14)4-5-16(15)25-9-17(20)21/h4-5,8,10-11H,6-7,9H2,1-3H3. The molecule has 0 fully saturated rings. The lowest BCUT2D eigenvalue weighted by Crippen LogP contribution is -2.48. The van der Waals surface area contributed by atoms with E-state index in [9.17, 15) is 9.59 Å². The molecule has 1 unspecified atom stereocenters. The Hall–Kier alpha value is -2.45. The molecule has 1 aromatic carbocycles. The number of aryl methyl sites for hydroxylation is 1. The number of hydrogen-bond donors (Lipinski definition) is 0. The second-order valence-electron chi connectivity index (χ2n) is 5.82. The minimum Gasteiger partial charge on any atom is -0.482 e. The monoisotopic (exact) mass is 376 g/mol. The fraction of sp³-hybridized carbons (Fsp3) is 0.389. The van der Waals surface area contributed by atoms with Gasteiger partial charge in [-0.25, -0.2) is 9.78 Å². The van der Waals surface area contributed by atoms with Crippen LogP contribution >= 0.6 is 11.3 Å². The van der Waals surface area contributed by atoms with Gasteiger partial charge in [0.15, 0.2) is 6.61 Å². The van der Waals surface area contributed by atoms with Crippen LogP contribution in [0, 0.1) is 6.92 Å². The second-order valence-corrected chi connectivity index (χ2v) is 6.89. The van der Waals surface area contributed by atoms with Gasteiger partial charge in [0.2, 0.25) is 0 Å². The summed E-state index contributed by atoms with van der Waals surface area (Å²) in [6.45, 7) is 3.91. The summed E-state index contributed by atoms with van der Waals surface area (Å²) in [6, 6.07) is 4.74. The summed E-state index contributed by atoms with van der Waals surface area (Å²) in [6.07, 6.45) is 0. The Balaban J connectivity index is 1.90. The van der Waals surface area contributed by atoms with Crippen molar-refractivity contribution in [3.8, 4) is 17.0 Å². The molecule has 8 heteroatoms. The predicted octanol–water partition coefficient (Wildman–Crippen LogP) is 2.42. The van der Waals surface area contributed by atoms with Crippen molar-refractivity contribution in [1.82, 2.24) is 4.98 Å². The lowest BCUT2D eigenvalue weighted by Gasteiger charge is -2.33. The van der Waals surface area contributed by atoms with E-state index in [-0.39, 0.29) is 19.1 Å². The molecule has 0 bridgehead atoms. The highest BCUT2D eigenvalue weighted by Crippen LogP contribution is 2.37. The summed E-state index contributed by atoms with van der Waals surface area (Å²) in [7, 11) is 1.53. The van der Waals surface area contributed by atoms with Gasteiger partial charge in [-0.05, 0) is 32.0 Å². The van der Waals surface area contributed by atoms with Crippen LogP contribution in [0.2, 0.25) is 0 Å². The summed E-state index contributed by atoms with van der Waals surface area (Å²) in [4.78, 5) is 30.6. The van der Waals surface area contributed by atoms with Crippen LogP contribution in [0.1, 0.15) is 11.9 Å². The largest absolute Gasteiger partial charge is 0.482 e. The Labute approximate surface area is 155 Å². The van der Waals surface area contributed by atoms with Crippen molar-refractivity contribution in [2.45, 2.75) is 19.9 Å². The van der Waals surface area contributed by atoms with Crippen molar-refractivity contribution in [3.05, 3.63) is 28.6 Å². The minimum atomic E-state index is -0.769. The van der Waals surface area contributed by atoms with E-state index in [1.165, 1.54) is 12.0 Å². The highest BCUT2D eigenvalue weighted by Gasteiger charge is 2.34. The topological polar surface area (TPSA) is 78.0 Å². The van der Waals surface area contributed by atoms with E-state index in [4.69, 9.17) is 14.2 Å². The average Bonchev–Trinajstić information content (AvgIpc) is 3.07. The first kappa shape index (κ1) is 18.3. The molecule has 7 nitrogen and oxygen atoms in total. The molecule has 0 spiro atoms. The number of methoxy groups -OCH3 is 1. The Kier molecular flexibility index (Phi) is 5.53. The van der Waals surface area contributed by atoms with E-state index in [1.807, 2.05) is 24.4 Å². The quantitative estimate of drug-likeness (QED) is 0.569. The van der Waals surface area contributed by atoms with Crippen LogP contribution in [-0.4, -0.2) is 49.8 Å². The normalized spacial score (nSPS) is 14.6. The van der Waals surface area contributed by atoms with Crippen molar-refractivity contribution in [2.75, 3.05) is 31.8 Å². The number of thiazole rings is 1. The molecule has 0 radical (unpaired) electrons. The van der Waals surface area contributed by atoms with E-state index < -0.39 is 12.0 Å². The highest BCUT2D eigenvalue weighted by molar-refractivity contribution is 7.09. The van der Waals surface area contributed by atoms with Gasteiger partial charge in [-0.1, -0.05) is 0 Å². The first-order chi connectivity index (χ1) is 12.5. The number of hydrogen-bond acceptors (Lipinski definition) is 7. The third-order valence-electron chi connectivity index (χ3n) is 4.01. The molecule has 0 aliphatic carbocycles. The van der Waals surface area contributed by atoms with Crippen LogP contribution in [0.15, 0.2) is 23.6 Å². The summed E-state index contributed by atoms with van der Waals surface area (Å²) >= 11 is 1.55. The number of ether oxygens (including phenoxy) is 3. The molecule has 1 atom stereocenters. The Morgan fingerprint density at radius 1 is 1.42 bits per heavy atom. The maximum absolute atomic E-state index is 12.4. The minimum absolute atomic E-state index is 0.113. The van der Waals surface area contributed by atoms with Gasteiger partial charge in [0.1, 0.15) is 18.4 Å². The summed E-state index contributed by atoms with van der Waals surface area (Å²) in [5.74, 6) is -0.227. The van der Waals surface area contributed by atoms with E-state index in [0.717, 1.165) is 16.3 Å². The Morgan fingerprint density at radius 2 is 2.23 bits per heavy atom. The van der Waals surface area contributed by atoms with Gasteiger partial charge in [0, 0.05) is 18.1 Å². The number of anilines is 1. The van der Waals surface area contributed by atoms with Crippen molar-refractivity contribution in [1.29, 1.82) is 0 Å². The molecular weight excluding hydrogens is 356 g/mol. The number of carbonyl (C=O) groups excluding carboxylic acids is 2. The zero-order valence-electron chi connectivity index (χ0n) is 14.9. The molecule has 1 aromatic heterocycles. The molecule has 1 aliphatic rings. The predicted molar refractivity (Wildman–Crippen MR) is 97.6 cm³/mol. The van der Waals surface area contributed by atoms with Crippen molar-refractivity contribution >= 4 is 28.9 Å². The van der Waals surface area contributed by atoms with Gasteiger partial charge < -0.3 is 14.2 Å². The lowest BCUT2D eigenvalue weighted by molar-refractivity contribution is -0.147. The fourth-order valence-electron chi connectivity index (χ4n) is 2.70. The van der Waals surface area contributed by atoms with Gasteiger partial charge in [-0.15, -0.1) is 11.3 Å². The first-order valence-electron chi connectivity index (χ1n) is 8.18. The van der Waals surface area contributed by atoms with Crippen LogP contribution in [0.4, 0.5) is 5.69 Å². The van der Waals surface area contributed by atoms with Crippen molar-refractivity contribution < 1.29 is 23.8 Å². The van der Waals surface area contributed by atoms with Gasteiger partial charge in [0.05, 0.1) is 23.0 Å². The summed E-state index contributed by atoms with van der Waals surface area (Å²) < 4.78 is 15.6. The van der Waals surface area contributed by atoms with Gasteiger partial charge in [0.25, 0.3) is 5.91 Å². The van der Waals surface area contributed by atoms with Crippen LogP contribution < -0.4 is 9.64 Å². The second kappa shape index (κ2) is 7.84. The zero-order valence-corrected chi connectivity index (χ0v) is 15.7. The zero-order chi connectivity index (χ0) is 18.7. The molecule has 138 valence electrons. The number of nitrogens with zero attached hydrogens (tertiary/aromatic N) is 2. The third kappa shape index (κ3) is 3.71. The number of fused-ring (bicyclic) bond motifs is 1. The Bertz CT molecular complexity index is 820. The van der Waals surface area contributed by atoms with Crippen LogP contribution in [-0.2, 0) is 19.1 Å². The van der Waals surface area contributed by atoms with E-state index in [2.05, 4.69) is 4.98 Å². The average molecular weight is 376 g/mol. The highest BCUT2D eigenvalue weighted by atomic mass is 32.1. The number of rotatable bonds is 6. The number of aromatic nitrogens is 1. The molecule has 3 rings (SSSR count). The number of amides is 1. The summed E-state index contributed by atoms with van der Waals surface area (Å²) in [5, 5.41) is 2.91. The fourth-order valence-corrected chi connectivity index (χ4v) is 3.32. The third-order valence-corrected chi connectivity index (χ3v) is 4.79. The van der Waals surface area contributed by atoms with Crippen molar-refractivity contribution in [3.63, 3.8) is 0 Å². The number of benzene rings is 1. The molecule has 0 saturated carbocycles. The maximum atomic E-state index is 12.4. The van der Waals surface area contributed by atoms with Gasteiger partial charge >= 0.3 is 5.97 Å². The Morgan fingerprint density at radius 3 is 2.92 bits per heavy atom. The van der Waals surface area contributed by atoms with Crippen LogP contribution in [0.3, 0.4) is 0 Å². The molecule has 1 aliphatic heterocycles. The molecule has 1 amide bonds. The molecule has 0 N–H and O–H groups in total. The molecule has 2 aromatic rings. The molecule has 2 heterocycles. The maximum Gasteiger partial charge on any atom is 0.329 e. The van der Waals surface area contributed by atoms with Crippen LogP contribution in [0.25, 0.3) is 11.3 Å². The van der Waals surface area contributed by atoms with E-state index in [1.54, 1.807) is 24.3 Å². The number of carbonyl (C=O) groups is 2. The van der Waals surface area contributed by atoms with E-state index >= 15 is 0 Å².